The van der Waals surface area contributed by atoms with Gasteiger partial charge in [0.05, 0.1) is 16.6 Å². The van der Waals surface area contributed by atoms with Crippen molar-refractivity contribution in [3.8, 4) is 0 Å². The van der Waals surface area contributed by atoms with Gasteiger partial charge in [-0.2, -0.15) is 0 Å². The van der Waals surface area contributed by atoms with Crippen LogP contribution >= 0.6 is 0 Å². The van der Waals surface area contributed by atoms with Crippen molar-refractivity contribution in [1.82, 2.24) is 0 Å². The van der Waals surface area contributed by atoms with Crippen molar-refractivity contribution in [3.05, 3.63) is 71.3 Å². The molecule has 2 rings (SSSR count). The normalized spacial score (nSPS) is 12.8. The second-order valence-corrected chi connectivity index (χ2v) is 7.14. The second-order valence-electron chi connectivity index (χ2n) is 4.82. The lowest BCUT2D eigenvalue weighted by Gasteiger charge is -2.14. The highest BCUT2D eigenvalue weighted by molar-refractivity contribution is 7.90. The number of carbonyl (C=O) groups is 1. The van der Waals surface area contributed by atoms with Gasteiger partial charge in [-0.1, -0.05) is 48.5 Å². The molecule has 4 nitrogen and oxygen atoms in total. The van der Waals surface area contributed by atoms with Crippen LogP contribution in [0.5, 0.6) is 0 Å². The molecule has 0 amide bonds. The van der Waals surface area contributed by atoms with E-state index in [9.17, 15) is 13.2 Å². The maximum absolute atomic E-state index is 12.5. The molecule has 0 aliphatic carbocycles. The van der Waals surface area contributed by atoms with Gasteiger partial charge in [0.25, 0.3) is 0 Å². The molecule has 0 saturated heterocycles. The summed E-state index contributed by atoms with van der Waals surface area (Å²) >= 11 is 0. The van der Waals surface area contributed by atoms with Crippen LogP contribution < -0.4 is 0 Å². The molecule has 0 radical (unpaired) electrons. The average Bonchev–Trinajstić information content (AvgIpc) is 2.47. The van der Waals surface area contributed by atoms with Crippen LogP contribution in [0.4, 0.5) is 0 Å². The van der Waals surface area contributed by atoms with Gasteiger partial charge in [0.1, 0.15) is 0 Å². The van der Waals surface area contributed by atoms with Gasteiger partial charge in [-0.05, 0) is 24.1 Å². The summed E-state index contributed by atoms with van der Waals surface area (Å²) in [5.74, 6) is -1.40. The predicted octanol–water partition coefficient (Wildman–Crippen LogP) is 3.06. The molecule has 110 valence electrons. The number of hydrogen-bond acceptors (Lipinski definition) is 3. The summed E-state index contributed by atoms with van der Waals surface area (Å²) < 4.78 is 25.0. The summed E-state index contributed by atoms with van der Waals surface area (Å²) in [6.45, 7) is 1.62. The fourth-order valence-electron chi connectivity index (χ4n) is 2.13. The molecule has 0 bridgehead atoms. The van der Waals surface area contributed by atoms with Gasteiger partial charge >= 0.3 is 5.97 Å². The summed E-state index contributed by atoms with van der Waals surface area (Å²) in [4.78, 5) is 11.2. The Balaban J connectivity index is 2.32. The zero-order valence-corrected chi connectivity index (χ0v) is 12.4. The lowest BCUT2D eigenvalue weighted by atomic mass is 10.1. The summed E-state index contributed by atoms with van der Waals surface area (Å²) in [5, 5.41) is 8.44. The first kappa shape index (κ1) is 15.3. The van der Waals surface area contributed by atoms with Crippen molar-refractivity contribution in [2.75, 3.05) is 0 Å². The monoisotopic (exact) mass is 304 g/mol. The van der Waals surface area contributed by atoms with Crippen LogP contribution in [0.1, 0.15) is 33.7 Å². The molecular formula is C16H16O4S. The average molecular weight is 304 g/mol. The highest BCUT2D eigenvalue weighted by Crippen LogP contribution is 2.26. The predicted molar refractivity (Wildman–Crippen MR) is 80.9 cm³/mol. The number of hydrogen-bond donors (Lipinski definition) is 1. The molecule has 0 fully saturated rings. The molecule has 0 spiro atoms. The highest BCUT2D eigenvalue weighted by atomic mass is 32.2. The van der Waals surface area contributed by atoms with Crippen molar-refractivity contribution in [2.45, 2.75) is 17.9 Å². The van der Waals surface area contributed by atoms with E-state index >= 15 is 0 Å². The minimum Gasteiger partial charge on any atom is -0.478 e. The van der Waals surface area contributed by atoms with Crippen molar-refractivity contribution in [3.63, 3.8) is 0 Å². The van der Waals surface area contributed by atoms with Crippen molar-refractivity contribution in [2.24, 2.45) is 0 Å². The van der Waals surface area contributed by atoms with Gasteiger partial charge in [0.2, 0.25) is 0 Å². The van der Waals surface area contributed by atoms with E-state index in [2.05, 4.69) is 0 Å². The minimum atomic E-state index is -3.49. The molecule has 2 aromatic rings. The van der Waals surface area contributed by atoms with E-state index in [0.717, 1.165) is 0 Å². The number of rotatable bonds is 5. The Kier molecular flexibility index (Phi) is 4.43. The summed E-state index contributed by atoms with van der Waals surface area (Å²) in [7, 11) is -3.49. The van der Waals surface area contributed by atoms with Crippen LogP contribution in [0.15, 0.2) is 54.6 Å². The van der Waals surface area contributed by atoms with E-state index in [-0.39, 0.29) is 11.3 Å². The maximum Gasteiger partial charge on any atom is 0.335 e. The summed E-state index contributed by atoms with van der Waals surface area (Å²) in [5.41, 5.74) is 1.04. The fourth-order valence-corrected chi connectivity index (χ4v) is 3.63. The first-order valence-electron chi connectivity index (χ1n) is 6.49. The Hall–Kier alpha value is -2.14. The molecule has 0 aromatic heterocycles. The minimum absolute atomic E-state index is 0.0290. The van der Waals surface area contributed by atoms with Crippen LogP contribution in [0, 0.1) is 0 Å². The number of sulfone groups is 1. The van der Waals surface area contributed by atoms with Gasteiger partial charge in [0.15, 0.2) is 9.84 Å². The largest absolute Gasteiger partial charge is 0.478 e. The lowest BCUT2D eigenvalue weighted by Crippen LogP contribution is -2.15. The Bertz CT molecular complexity index is 736. The number of carboxylic acid groups (broad SMARTS) is 1. The van der Waals surface area contributed by atoms with Crippen molar-refractivity contribution in [1.29, 1.82) is 0 Å². The number of aromatic carboxylic acids is 1. The molecule has 21 heavy (non-hydrogen) atoms. The molecule has 1 atom stereocenters. The first-order chi connectivity index (χ1) is 9.92. The molecule has 1 N–H and O–H groups in total. The van der Waals surface area contributed by atoms with Gasteiger partial charge in [-0.15, -0.1) is 0 Å². The number of benzene rings is 2. The highest BCUT2D eigenvalue weighted by Gasteiger charge is 2.24. The molecular weight excluding hydrogens is 288 g/mol. The molecule has 1 unspecified atom stereocenters. The third kappa shape index (κ3) is 3.49. The molecule has 2 aromatic carbocycles. The summed E-state index contributed by atoms with van der Waals surface area (Å²) in [6, 6.07) is 15.1. The number of carboxylic acids is 1. The maximum atomic E-state index is 12.5. The SMILES string of the molecule is CC(c1ccccc1)S(=O)(=O)Cc1ccccc1C(=O)O. The van der Waals surface area contributed by atoms with Gasteiger partial charge in [-0.3, -0.25) is 0 Å². The van der Waals surface area contributed by atoms with Crippen LogP contribution in [0.3, 0.4) is 0 Å². The van der Waals surface area contributed by atoms with Gasteiger partial charge in [-0.25, -0.2) is 13.2 Å². The van der Waals surface area contributed by atoms with E-state index in [1.54, 1.807) is 49.4 Å². The summed E-state index contributed by atoms with van der Waals surface area (Å²) in [6.07, 6.45) is 0. The molecule has 0 saturated carbocycles. The Labute approximate surface area is 124 Å². The molecule has 0 aliphatic rings. The zero-order chi connectivity index (χ0) is 15.5. The van der Waals surface area contributed by atoms with E-state index in [1.165, 1.54) is 6.07 Å². The first-order valence-corrected chi connectivity index (χ1v) is 8.21. The molecule has 5 heteroatoms. The zero-order valence-electron chi connectivity index (χ0n) is 11.6. The standard InChI is InChI=1S/C16H16O4S/c1-12(13-7-3-2-4-8-13)21(19,20)11-14-9-5-6-10-15(14)16(17)18/h2-10,12H,11H2,1H3,(H,17,18). The third-order valence-corrected chi connectivity index (χ3v) is 5.48. The molecule has 0 heterocycles. The second kappa shape index (κ2) is 6.10. The van der Waals surface area contributed by atoms with E-state index < -0.39 is 21.1 Å². The van der Waals surface area contributed by atoms with Crippen LogP contribution in [0.2, 0.25) is 0 Å². The van der Waals surface area contributed by atoms with Crippen molar-refractivity contribution >= 4 is 15.8 Å². The van der Waals surface area contributed by atoms with E-state index in [4.69, 9.17) is 5.11 Å². The topological polar surface area (TPSA) is 71.4 Å². The fraction of sp³-hybridized carbons (Fsp3) is 0.188. The Morgan fingerprint density at radius 3 is 2.24 bits per heavy atom. The van der Waals surface area contributed by atoms with Crippen LogP contribution in [0.25, 0.3) is 0 Å². The van der Waals surface area contributed by atoms with Gasteiger partial charge < -0.3 is 5.11 Å². The van der Waals surface area contributed by atoms with Crippen molar-refractivity contribution < 1.29 is 18.3 Å². The van der Waals surface area contributed by atoms with Crippen LogP contribution in [-0.2, 0) is 15.6 Å². The third-order valence-electron chi connectivity index (χ3n) is 3.41. The Morgan fingerprint density at radius 2 is 1.62 bits per heavy atom. The smallest absolute Gasteiger partial charge is 0.335 e. The van der Waals surface area contributed by atoms with Crippen LogP contribution in [-0.4, -0.2) is 19.5 Å². The Morgan fingerprint density at radius 1 is 1.05 bits per heavy atom. The van der Waals surface area contributed by atoms with E-state index in [0.29, 0.717) is 11.1 Å². The van der Waals surface area contributed by atoms with Gasteiger partial charge in [0, 0.05) is 0 Å². The van der Waals surface area contributed by atoms with E-state index in [1.807, 2.05) is 6.07 Å². The quantitative estimate of drug-likeness (QED) is 0.921. The lowest BCUT2D eigenvalue weighted by molar-refractivity contribution is 0.0696. The molecule has 0 aliphatic heterocycles.